The van der Waals surface area contributed by atoms with Crippen molar-refractivity contribution in [3.05, 3.63) is 29.3 Å². The zero-order chi connectivity index (χ0) is 12.0. The van der Waals surface area contributed by atoms with Gasteiger partial charge in [0.25, 0.3) is 0 Å². The predicted molar refractivity (Wildman–Crippen MR) is 61.5 cm³/mol. The van der Waals surface area contributed by atoms with Crippen LogP contribution < -0.4 is 4.74 Å². The largest absolute Gasteiger partial charge is 0.435 e. The summed E-state index contributed by atoms with van der Waals surface area (Å²) in [5.74, 6) is 0.792. The van der Waals surface area contributed by atoms with Crippen molar-refractivity contribution in [3.8, 4) is 5.75 Å². The van der Waals surface area contributed by atoms with E-state index in [0.29, 0.717) is 5.88 Å². The molecule has 0 unspecified atom stereocenters. The van der Waals surface area contributed by atoms with Gasteiger partial charge in [0.1, 0.15) is 5.75 Å². The van der Waals surface area contributed by atoms with Crippen molar-refractivity contribution >= 4 is 11.6 Å². The maximum Gasteiger partial charge on any atom is 0.387 e. The zero-order valence-corrected chi connectivity index (χ0v) is 9.94. The molecule has 0 atom stereocenters. The van der Waals surface area contributed by atoms with Crippen LogP contribution >= 0.6 is 11.6 Å². The lowest BCUT2D eigenvalue weighted by atomic mass is 10.0. The molecular weight excluding hydrogens is 234 g/mol. The van der Waals surface area contributed by atoms with E-state index in [-0.39, 0.29) is 5.75 Å². The van der Waals surface area contributed by atoms with E-state index in [1.165, 1.54) is 0 Å². The van der Waals surface area contributed by atoms with Crippen molar-refractivity contribution in [2.75, 3.05) is 5.88 Å². The highest BCUT2D eigenvalue weighted by atomic mass is 35.5. The third-order valence-corrected chi connectivity index (χ3v) is 2.63. The molecule has 1 aromatic rings. The van der Waals surface area contributed by atoms with E-state index in [0.717, 1.165) is 30.4 Å². The molecule has 1 nitrogen and oxygen atoms in total. The predicted octanol–water partition coefficient (Wildman–Crippen LogP) is 4.02. The number of alkyl halides is 3. The summed E-state index contributed by atoms with van der Waals surface area (Å²) in [6.07, 6.45) is 2.52. The normalized spacial score (nSPS) is 10.8. The van der Waals surface area contributed by atoms with Crippen molar-refractivity contribution in [1.82, 2.24) is 0 Å². The SMILES string of the molecule is CCc1ccc(OC(F)F)cc1CCCCl. The zero-order valence-electron chi connectivity index (χ0n) is 9.18. The Morgan fingerprint density at radius 1 is 1.31 bits per heavy atom. The highest BCUT2D eigenvalue weighted by Crippen LogP contribution is 2.21. The molecule has 1 rings (SSSR count). The molecule has 0 saturated carbocycles. The van der Waals surface area contributed by atoms with E-state index >= 15 is 0 Å². The first-order chi connectivity index (χ1) is 7.67. The standard InChI is InChI=1S/C12H15ClF2O/c1-2-9-5-6-11(16-12(14)15)8-10(9)4-3-7-13/h5-6,8,12H,2-4,7H2,1H3. The molecule has 0 bridgehead atoms. The topological polar surface area (TPSA) is 9.23 Å². The molecule has 0 radical (unpaired) electrons. The Bertz CT molecular complexity index is 329. The molecule has 4 heteroatoms. The molecule has 0 aliphatic heterocycles. The van der Waals surface area contributed by atoms with Gasteiger partial charge in [0, 0.05) is 5.88 Å². The number of rotatable bonds is 6. The van der Waals surface area contributed by atoms with Crippen molar-refractivity contribution in [1.29, 1.82) is 0 Å². The molecule has 0 saturated heterocycles. The van der Waals surface area contributed by atoms with Gasteiger partial charge in [-0.15, -0.1) is 11.6 Å². The number of ether oxygens (including phenoxy) is 1. The molecule has 90 valence electrons. The second kappa shape index (κ2) is 6.69. The summed E-state index contributed by atoms with van der Waals surface area (Å²) in [6, 6.07) is 5.09. The van der Waals surface area contributed by atoms with E-state index in [1.54, 1.807) is 12.1 Å². The molecule has 0 aromatic heterocycles. The minimum Gasteiger partial charge on any atom is -0.435 e. The van der Waals surface area contributed by atoms with Crippen LogP contribution in [0.4, 0.5) is 8.78 Å². The number of hydrogen-bond acceptors (Lipinski definition) is 1. The fourth-order valence-electron chi connectivity index (χ4n) is 1.61. The maximum absolute atomic E-state index is 12.0. The van der Waals surface area contributed by atoms with Crippen LogP contribution in [0.2, 0.25) is 0 Å². The molecule has 0 N–H and O–H groups in total. The van der Waals surface area contributed by atoms with Crippen molar-refractivity contribution < 1.29 is 13.5 Å². The van der Waals surface area contributed by atoms with Gasteiger partial charge in [0.15, 0.2) is 0 Å². The van der Waals surface area contributed by atoms with Gasteiger partial charge < -0.3 is 4.74 Å². The molecular formula is C12H15ClF2O. The average molecular weight is 249 g/mol. The summed E-state index contributed by atoms with van der Waals surface area (Å²) in [5, 5.41) is 0. The van der Waals surface area contributed by atoms with Gasteiger partial charge in [-0.05, 0) is 42.5 Å². The van der Waals surface area contributed by atoms with Crippen molar-refractivity contribution in [2.24, 2.45) is 0 Å². The lowest BCUT2D eigenvalue weighted by Crippen LogP contribution is -2.03. The van der Waals surface area contributed by atoms with Crippen LogP contribution in [0.1, 0.15) is 24.5 Å². The summed E-state index contributed by atoms with van der Waals surface area (Å²) in [6.45, 7) is -0.735. The molecule has 0 aliphatic rings. The summed E-state index contributed by atoms with van der Waals surface area (Å²) in [5.41, 5.74) is 2.20. The van der Waals surface area contributed by atoms with E-state index in [1.807, 2.05) is 13.0 Å². The number of hydrogen-bond donors (Lipinski definition) is 0. The van der Waals surface area contributed by atoms with Crippen molar-refractivity contribution in [2.45, 2.75) is 32.8 Å². The first-order valence-electron chi connectivity index (χ1n) is 5.30. The van der Waals surface area contributed by atoms with Crippen LogP contribution in [-0.4, -0.2) is 12.5 Å². The minimum absolute atomic E-state index is 0.219. The molecule has 0 spiro atoms. The van der Waals surface area contributed by atoms with Crippen LogP contribution in [0.3, 0.4) is 0 Å². The Morgan fingerprint density at radius 3 is 2.62 bits per heavy atom. The molecule has 0 fully saturated rings. The monoisotopic (exact) mass is 248 g/mol. The Balaban J connectivity index is 2.83. The fraction of sp³-hybridized carbons (Fsp3) is 0.500. The highest BCUT2D eigenvalue weighted by Gasteiger charge is 2.07. The fourth-order valence-corrected chi connectivity index (χ4v) is 1.75. The molecule has 0 amide bonds. The summed E-state index contributed by atoms with van der Waals surface area (Å²) >= 11 is 5.62. The Labute approximate surface area is 99.4 Å². The number of benzene rings is 1. The first kappa shape index (κ1) is 13.2. The maximum atomic E-state index is 12.0. The second-order valence-corrected chi connectivity index (χ2v) is 3.83. The number of halogens is 3. The van der Waals surface area contributed by atoms with E-state index < -0.39 is 6.61 Å². The third-order valence-electron chi connectivity index (χ3n) is 2.36. The van der Waals surface area contributed by atoms with Crippen molar-refractivity contribution in [3.63, 3.8) is 0 Å². The lowest BCUT2D eigenvalue weighted by molar-refractivity contribution is -0.0498. The molecule has 0 heterocycles. The van der Waals surface area contributed by atoms with Gasteiger partial charge in [-0.3, -0.25) is 0 Å². The Kier molecular flexibility index (Phi) is 5.53. The van der Waals surface area contributed by atoms with Gasteiger partial charge in [0.2, 0.25) is 0 Å². The molecule has 0 aliphatic carbocycles. The van der Waals surface area contributed by atoms with E-state index in [2.05, 4.69) is 4.74 Å². The van der Waals surface area contributed by atoms with Crippen LogP contribution in [0.15, 0.2) is 18.2 Å². The first-order valence-corrected chi connectivity index (χ1v) is 5.83. The van der Waals surface area contributed by atoms with Gasteiger partial charge in [-0.2, -0.15) is 8.78 Å². The lowest BCUT2D eigenvalue weighted by Gasteiger charge is -2.10. The van der Waals surface area contributed by atoms with E-state index in [4.69, 9.17) is 11.6 Å². The minimum atomic E-state index is -2.77. The van der Waals surface area contributed by atoms with E-state index in [9.17, 15) is 8.78 Å². The quantitative estimate of drug-likeness (QED) is 0.691. The van der Waals surface area contributed by atoms with Gasteiger partial charge >= 0.3 is 6.61 Å². The second-order valence-electron chi connectivity index (χ2n) is 3.46. The molecule has 1 aromatic carbocycles. The van der Waals surface area contributed by atoms with Gasteiger partial charge in [-0.25, -0.2) is 0 Å². The van der Waals surface area contributed by atoms with Gasteiger partial charge in [0.05, 0.1) is 0 Å². The van der Waals surface area contributed by atoms with Crippen LogP contribution in [0.5, 0.6) is 5.75 Å². The smallest absolute Gasteiger partial charge is 0.387 e. The third kappa shape index (κ3) is 3.97. The van der Waals surface area contributed by atoms with Gasteiger partial charge in [-0.1, -0.05) is 13.0 Å². The van der Waals surface area contributed by atoms with Crippen LogP contribution in [-0.2, 0) is 12.8 Å². The summed E-state index contributed by atoms with van der Waals surface area (Å²) < 4.78 is 28.5. The highest BCUT2D eigenvalue weighted by molar-refractivity contribution is 6.17. The Hall–Kier alpha value is -0.830. The Morgan fingerprint density at radius 2 is 2.06 bits per heavy atom. The summed E-state index contributed by atoms with van der Waals surface area (Å²) in [4.78, 5) is 0. The molecule has 16 heavy (non-hydrogen) atoms. The average Bonchev–Trinajstić information content (AvgIpc) is 2.25. The number of aryl methyl sites for hydroxylation is 2. The van der Waals surface area contributed by atoms with Crippen LogP contribution in [0.25, 0.3) is 0 Å². The van der Waals surface area contributed by atoms with Crippen LogP contribution in [0, 0.1) is 0 Å². The summed E-state index contributed by atoms with van der Waals surface area (Å²) in [7, 11) is 0.